The molecule has 1 aliphatic rings. The first-order valence-electron chi connectivity index (χ1n) is 8.67. The van der Waals surface area contributed by atoms with Gasteiger partial charge in [-0.25, -0.2) is 0 Å². The van der Waals surface area contributed by atoms with Gasteiger partial charge in [0.05, 0.1) is 0 Å². The third kappa shape index (κ3) is 3.48. The van der Waals surface area contributed by atoms with Gasteiger partial charge in [0, 0.05) is 35.7 Å². The SMILES string of the molecule is O=C(CCc1nc(-c2cccc(Cl)c2)no1)N1CCCc2ccccc21. The van der Waals surface area contributed by atoms with Crippen LogP contribution in [0.3, 0.4) is 0 Å². The van der Waals surface area contributed by atoms with Gasteiger partial charge in [0.15, 0.2) is 0 Å². The number of aryl methyl sites for hydroxylation is 2. The van der Waals surface area contributed by atoms with E-state index in [1.807, 2.05) is 35.2 Å². The second-order valence-corrected chi connectivity index (χ2v) is 6.74. The summed E-state index contributed by atoms with van der Waals surface area (Å²) in [4.78, 5) is 18.9. The number of hydrogen-bond acceptors (Lipinski definition) is 4. The molecule has 0 radical (unpaired) electrons. The predicted octanol–water partition coefficient (Wildman–Crippen LogP) is 4.30. The molecule has 0 unspecified atom stereocenters. The van der Waals surface area contributed by atoms with Crippen molar-refractivity contribution in [3.8, 4) is 11.4 Å². The smallest absolute Gasteiger partial charge is 0.227 e. The fraction of sp³-hybridized carbons (Fsp3) is 0.250. The molecular weight excluding hydrogens is 350 g/mol. The lowest BCUT2D eigenvalue weighted by Gasteiger charge is -2.29. The zero-order valence-electron chi connectivity index (χ0n) is 14.2. The molecular formula is C20H18ClN3O2. The van der Waals surface area contributed by atoms with Gasteiger partial charge in [-0.3, -0.25) is 4.79 Å². The van der Waals surface area contributed by atoms with E-state index in [9.17, 15) is 4.79 Å². The number of para-hydroxylation sites is 1. The van der Waals surface area contributed by atoms with Gasteiger partial charge in [-0.2, -0.15) is 4.98 Å². The molecule has 0 N–H and O–H groups in total. The number of benzene rings is 2. The number of hydrogen-bond donors (Lipinski definition) is 0. The van der Waals surface area contributed by atoms with Crippen LogP contribution in [0.4, 0.5) is 5.69 Å². The lowest BCUT2D eigenvalue weighted by Crippen LogP contribution is -2.35. The molecule has 0 bridgehead atoms. The molecule has 0 saturated heterocycles. The molecule has 0 saturated carbocycles. The highest BCUT2D eigenvalue weighted by Gasteiger charge is 2.22. The second-order valence-electron chi connectivity index (χ2n) is 6.30. The first-order chi connectivity index (χ1) is 12.7. The van der Waals surface area contributed by atoms with Gasteiger partial charge in [-0.15, -0.1) is 0 Å². The van der Waals surface area contributed by atoms with Crippen LogP contribution in [0.15, 0.2) is 53.1 Å². The van der Waals surface area contributed by atoms with Crippen LogP contribution in [-0.2, 0) is 17.6 Å². The maximum atomic E-state index is 12.7. The molecule has 0 atom stereocenters. The quantitative estimate of drug-likeness (QED) is 0.689. The van der Waals surface area contributed by atoms with Crippen LogP contribution >= 0.6 is 11.6 Å². The molecule has 0 spiro atoms. The first kappa shape index (κ1) is 16.8. The number of rotatable bonds is 4. The average Bonchev–Trinajstić information content (AvgIpc) is 3.15. The zero-order chi connectivity index (χ0) is 17.9. The number of halogens is 1. The van der Waals surface area contributed by atoms with Crippen LogP contribution in [0, 0.1) is 0 Å². The van der Waals surface area contributed by atoms with Crippen molar-refractivity contribution in [1.29, 1.82) is 0 Å². The molecule has 3 aromatic rings. The van der Waals surface area contributed by atoms with Gasteiger partial charge < -0.3 is 9.42 Å². The van der Waals surface area contributed by atoms with Gasteiger partial charge >= 0.3 is 0 Å². The van der Waals surface area contributed by atoms with E-state index in [2.05, 4.69) is 16.2 Å². The number of amides is 1. The van der Waals surface area contributed by atoms with E-state index >= 15 is 0 Å². The Kier molecular flexibility index (Phi) is 4.71. The fourth-order valence-corrected chi connectivity index (χ4v) is 3.43. The molecule has 0 aliphatic carbocycles. The number of carbonyl (C=O) groups is 1. The number of aromatic nitrogens is 2. The van der Waals surface area contributed by atoms with Crippen molar-refractivity contribution < 1.29 is 9.32 Å². The topological polar surface area (TPSA) is 59.2 Å². The Morgan fingerprint density at radius 1 is 1.19 bits per heavy atom. The van der Waals surface area contributed by atoms with Crippen molar-refractivity contribution in [3.63, 3.8) is 0 Å². The van der Waals surface area contributed by atoms with Crippen LogP contribution in [0.2, 0.25) is 5.02 Å². The number of fused-ring (bicyclic) bond motifs is 1. The minimum Gasteiger partial charge on any atom is -0.339 e. The largest absolute Gasteiger partial charge is 0.339 e. The summed E-state index contributed by atoms with van der Waals surface area (Å²) in [5.74, 6) is 1.02. The molecule has 2 heterocycles. The van der Waals surface area contributed by atoms with E-state index in [-0.39, 0.29) is 5.91 Å². The predicted molar refractivity (Wildman–Crippen MR) is 100 cm³/mol. The minimum atomic E-state index is 0.0830. The molecule has 5 nitrogen and oxygen atoms in total. The maximum absolute atomic E-state index is 12.7. The van der Waals surface area contributed by atoms with E-state index in [1.54, 1.807) is 12.1 Å². The lowest BCUT2D eigenvalue weighted by molar-refractivity contribution is -0.118. The highest BCUT2D eigenvalue weighted by atomic mass is 35.5. The molecule has 132 valence electrons. The van der Waals surface area contributed by atoms with Gasteiger partial charge in [0.25, 0.3) is 0 Å². The van der Waals surface area contributed by atoms with Crippen LogP contribution in [-0.4, -0.2) is 22.6 Å². The van der Waals surface area contributed by atoms with E-state index in [1.165, 1.54) is 5.56 Å². The Hall–Kier alpha value is -2.66. The molecule has 0 fully saturated rings. The van der Waals surface area contributed by atoms with Crippen molar-refractivity contribution in [1.82, 2.24) is 10.1 Å². The molecule has 6 heteroatoms. The molecule has 1 aromatic heterocycles. The summed E-state index contributed by atoms with van der Waals surface area (Å²) in [6, 6.07) is 15.4. The Bertz CT molecular complexity index is 938. The van der Waals surface area contributed by atoms with Crippen LogP contribution < -0.4 is 4.90 Å². The molecule has 1 amide bonds. The zero-order valence-corrected chi connectivity index (χ0v) is 14.9. The van der Waals surface area contributed by atoms with Crippen molar-refractivity contribution in [2.75, 3.05) is 11.4 Å². The monoisotopic (exact) mass is 367 g/mol. The van der Waals surface area contributed by atoms with Crippen LogP contribution in [0.1, 0.15) is 24.3 Å². The van der Waals surface area contributed by atoms with Crippen LogP contribution in [0.5, 0.6) is 0 Å². The van der Waals surface area contributed by atoms with Crippen molar-refractivity contribution >= 4 is 23.2 Å². The van der Waals surface area contributed by atoms with Gasteiger partial charge in [-0.1, -0.05) is 47.1 Å². The van der Waals surface area contributed by atoms with Crippen molar-refractivity contribution in [2.24, 2.45) is 0 Å². The average molecular weight is 368 g/mol. The van der Waals surface area contributed by atoms with Crippen LogP contribution in [0.25, 0.3) is 11.4 Å². The highest BCUT2D eigenvalue weighted by Crippen LogP contribution is 2.27. The summed E-state index contributed by atoms with van der Waals surface area (Å²) < 4.78 is 5.29. The number of carbonyl (C=O) groups excluding carboxylic acids is 1. The molecule has 2 aromatic carbocycles. The summed E-state index contributed by atoms with van der Waals surface area (Å²) in [6.45, 7) is 0.757. The van der Waals surface area contributed by atoms with Gasteiger partial charge in [0.1, 0.15) is 0 Å². The van der Waals surface area contributed by atoms with Crippen molar-refractivity contribution in [3.05, 3.63) is 65.0 Å². The van der Waals surface area contributed by atoms with Gasteiger partial charge in [0.2, 0.25) is 17.6 Å². The third-order valence-electron chi connectivity index (χ3n) is 4.51. The van der Waals surface area contributed by atoms with E-state index < -0.39 is 0 Å². The van der Waals surface area contributed by atoms with Gasteiger partial charge in [-0.05, 0) is 36.6 Å². The summed E-state index contributed by atoms with van der Waals surface area (Å²) >= 11 is 6.00. The molecule has 26 heavy (non-hydrogen) atoms. The van der Waals surface area contributed by atoms with Crippen molar-refractivity contribution in [2.45, 2.75) is 25.7 Å². The van der Waals surface area contributed by atoms with E-state index in [0.29, 0.717) is 29.6 Å². The third-order valence-corrected chi connectivity index (χ3v) is 4.75. The highest BCUT2D eigenvalue weighted by molar-refractivity contribution is 6.30. The maximum Gasteiger partial charge on any atom is 0.227 e. The number of nitrogens with zero attached hydrogens (tertiary/aromatic N) is 3. The number of anilines is 1. The Morgan fingerprint density at radius 3 is 2.96 bits per heavy atom. The normalized spacial score (nSPS) is 13.5. The summed E-state index contributed by atoms with van der Waals surface area (Å²) in [7, 11) is 0. The van der Waals surface area contributed by atoms with E-state index in [0.717, 1.165) is 30.6 Å². The minimum absolute atomic E-state index is 0.0830. The Balaban J connectivity index is 1.43. The Morgan fingerprint density at radius 2 is 2.08 bits per heavy atom. The molecule has 1 aliphatic heterocycles. The van der Waals surface area contributed by atoms with E-state index in [4.69, 9.17) is 16.1 Å². The second kappa shape index (κ2) is 7.30. The summed E-state index contributed by atoms with van der Waals surface area (Å²) in [5.41, 5.74) is 3.05. The fourth-order valence-electron chi connectivity index (χ4n) is 3.24. The summed E-state index contributed by atoms with van der Waals surface area (Å²) in [6.07, 6.45) is 2.77. The summed E-state index contributed by atoms with van der Waals surface area (Å²) in [5, 5.41) is 4.60. The first-order valence-corrected chi connectivity index (χ1v) is 9.05. The molecule has 4 rings (SSSR count). The lowest BCUT2D eigenvalue weighted by atomic mass is 10.0. The Labute approximate surface area is 156 Å². The standard InChI is InChI=1S/C20H18ClN3O2/c21-16-8-3-6-15(13-16)20-22-18(26-23-20)10-11-19(25)24-12-4-7-14-5-1-2-9-17(14)24/h1-3,5-6,8-9,13H,4,7,10-12H2.